The molecule has 1 N–H and O–H groups in total. The van der Waals surface area contributed by atoms with Gasteiger partial charge in [0.25, 0.3) is 5.56 Å². The van der Waals surface area contributed by atoms with Crippen molar-refractivity contribution in [2.45, 2.75) is 45.3 Å². The topological polar surface area (TPSA) is 63.1 Å². The van der Waals surface area contributed by atoms with Crippen LogP contribution in [-0.2, 0) is 6.54 Å². The summed E-state index contributed by atoms with van der Waals surface area (Å²) in [6.45, 7) is 7.10. The molecule has 6 heteroatoms. The fraction of sp³-hybridized carbons (Fsp3) is 0.409. The van der Waals surface area contributed by atoms with Gasteiger partial charge in [0.05, 0.1) is 0 Å². The largest absolute Gasteiger partial charge is 0.351 e. The van der Waals surface area contributed by atoms with E-state index < -0.39 is 0 Å². The maximum absolute atomic E-state index is 12.2. The van der Waals surface area contributed by atoms with Crippen LogP contribution in [0.25, 0.3) is 11.0 Å². The fourth-order valence-electron chi connectivity index (χ4n) is 3.87. The Balaban J connectivity index is 1.43. The first-order valence-electron chi connectivity index (χ1n) is 10.0. The van der Waals surface area contributed by atoms with Crippen molar-refractivity contribution >= 4 is 17.0 Å². The Kier molecular flexibility index (Phi) is 5.39. The second kappa shape index (κ2) is 8.10. The third kappa shape index (κ3) is 4.07. The standard InChI is InChI=1S/C22H27N5O/c1-16(2)27-20(28)9-8-18-14-23-22(25-21(18)27)24-19-10-12-26(13-11-19)15-17-6-4-3-5-7-17/h3-9,14,16,19H,10-13,15H2,1-2H3,(H,23,24,25). The minimum Gasteiger partial charge on any atom is -0.351 e. The molecule has 2 aromatic heterocycles. The molecular weight excluding hydrogens is 350 g/mol. The van der Waals surface area contributed by atoms with Crippen LogP contribution in [0.1, 0.15) is 38.3 Å². The monoisotopic (exact) mass is 377 g/mol. The van der Waals surface area contributed by atoms with Gasteiger partial charge in [0.1, 0.15) is 5.65 Å². The molecule has 1 aliphatic rings. The van der Waals surface area contributed by atoms with Crippen LogP contribution in [0.15, 0.2) is 53.5 Å². The van der Waals surface area contributed by atoms with Gasteiger partial charge in [-0.3, -0.25) is 14.3 Å². The number of nitrogens with one attached hydrogen (secondary N) is 1. The highest BCUT2D eigenvalue weighted by Gasteiger charge is 2.20. The van der Waals surface area contributed by atoms with Crippen molar-refractivity contribution in [2.75, 3.05) is 18.4 Å². The number of fused-ring (bicyclic) bond motifs is 1. The zero-order chi connectivity index (χ0) is 19.5. The third-order valence-electron chi connectivity index (χ3n) is 5.35. The molecule has 4 rings (SSSR count). The van der Waals surface area contributed by atoms with Crippen LogP contribution >= 0.6 is 0 Å². The lowest BCUT2D eigenvalue weighted by atomic mass is 10.0. The van der Waals surface area contributed by atoms with E-state index in [4.69, 9.17) is 0 Å². The summed E-state index contributed by atoms with van der Waals surface area (Å²) in [5.41, 5.74) is 2.03. The molecule has 1 aliphatic heterocycles. The predicted octanol–water partition coefficient (Wildman–Crippen LogP) is 3.45. The average molecular weight is 377 g/mol. The molecular formula is C22H27N5O. The highest BCUT2D eigenvalue weighted by molar-refractivity contribution is 5.75. The molecule has 0 amide bonds. The van der Waals surface area contributed by atoms with Crippen molar-refractivity contribution in [1.29, 1.82) is 0 Å². The normalized spacial score (nSPS) is 16.0. The van der Waals surface area contributed by atoms with E-state index in [0.29, 0.717) is 17.6 Å². The predicted molar refractivity (Wildman–Crippen MR) is 113 cm³/mol. The van der Waals surface area contributed by atoms with E-state index in [1.807, 2.05) is 13.8 Å². The number of benzene rings is 1. The van der Waals surface area contributed by atoms with Gasteiger partial charge in [-0.05, 0) is 38.3 Å². The zero-order valence-corrected chi connectivity index (χ0v) is 16.5. The van der Waals surface area contributed by atoms with Gasteiger partial charge in [0.15, 0.2) is 0 Å². The summed E-state index contributed by atoms with van der Waals surface area (Å²) in [6, 6.07) is 14.4. The smallest absolute Gasteiger partial charge is 0.252 e. The Morgan fingerprint density at radius 2 is 1.86 bits per heavy atom. The number of hydrogen-bond donors (Lipinski definition) is 1. The van der Waals surface area contributed by atoms with Crippen molar-refractivity contribution < 1.29 is 0 Å². The lowest BCUT2D eigenvalue weighted by Crippen LogP contribution is -2.39. The van der Waals surface area contributed by atoms with Crippen molar-refractivity contribution in [3.63, 3.8) is 0 Å². The van der Waals surface area contributed by atoms with Crippen LogP contribution in [0.4, 0.5) is 5.95 Å². The lowest BCUT2D eigenvalue weighted by molar-refractivity contribution is 0.211. The van der Waals surface area contributed by atoms with E-state index in [9.17, 15) is 4.79 Å². The molecule has 0 bridgehead atoms. The molecule has 1 aromatic carbocycles. The number of piperidine rings is 1. The summed E-state index contributed by atoms with van der Waals surface area (Å²) in [7, 11) is 0. The highest BCUT2D eigenvalue weighted by atomic mass is 16.1. The Morgan fingerprint density at radius 3 is 2.57 bits per heavy atom. The van der Waals surface area contributed by atoms with Gasteiger partial charge in [-0.1, -0.05) is 30.3 Å². The van der Waals surface area contributed by atoms with Crippen molar-refractivity contribution in [3.8, 4) is 0 Å². The summed E-state index contributed by atoms with van der Waals surface area (Å²) in [4.78, 5) is 23.9. The van der Waals surface area contributed by atoms with Gasteiger partial charge in [-0.2, -0.15) is 4.98 Å². The molecule has 1 fully saturated rings. The minimum atomic E-state index is -0.0265. The van der Waals surface area contributed by atoms with Crippen LogP contribution in [0.5, 0.6) is 0 Å². The maximum atomic E-state index is 12.2. The highest BCUT2D eigenvalue weighted by Crippen LogP contribution is 2.19. The molecule has 146 valence electrons. The van der Waals surface area contributed by atoms with E-state index in [2.05, 4.69) is 50.5 Å². The number of aromatic nitrogens is 3. The molecule has 0 radical (unpaired) electrons. The molecule has 3 heterocycles. The van der Waals surface area contributed by atoms with Gasteiger partial charge < -0.3 is 5.32 Å². The van der Waals surface area contributed by atoms with Crippen LogP contribution < -0.4 is 10.9 Å². The number of nitrogens with zero attached hydrogens (tertiary/aromatic N) is 4. The summed E-state index contributed by atoms with van der Waals surface area (Å²) in [6.07, 6.45) is 3.91. The maximum Gasteiger partial charge on any atom is 0.252 e. The van der Waals surface area contributed by atoms with E-state index >= 15 is 0 Å². The second-order valence-electron chi connectivity index (χ2n) is 7.79. The number of likely N-dealkylation sites (tertiary alicyclic amines) is 1. The van der Waals surface area contributed by atoms with E-state index in [0.717, 1.165) is 37.9 Å². The zero-order valence-electron chi connectivity index (χ0n) is 16.5. The first kappa shape index (κ1) is 18.6. The van der Waals surface area contributed by atoms with E-state index in [1.165, 1.54) is 5.56 Å². The van der Waals surface area contributed by atoms with Gasteiger partial charge in [-0.15, -0.1) is 0 Å². The molecule has 1 saturated heterocycles. The first-order valence-corrected chi connectivity index (χ1v) is 10.0. The first-order chi connectivity index (χ1) is 13.6. The number of hydrogen-bond acceptors (Lipinski definition) is 5. The van der Waals surface area contributed by atoms with Crippen LogP contribution in [0.3, 0.4) is 0 Å². The third-order valence-corrected chi connectivity index (χ3v) is 5.35. The van der Waals surface area contributed by atoms with Crippen molar-refractivity contribution in [1.82, 2.24) is 19.4 Å². The summed E-state index contributed by atoms with van der Waals surface area (Å²) in [5, 5.41) is 4.36. The van der Waals surface area contributed by atoms with Gasteiger partial charge >= 0.3 is 0 Å². The molecule has 3 aromatic rings. The Hall–Kier alpha value is -2.73. The Morgan fingerprint density at radius 1 is 1.11 bits per heavy atom. The van der Waals surface area contributed by atoms with E-state index in [-0.39, 0.29) is 11.6 Å². The molecule has 6 nitrogen and oxygen atoms in total. The minimum absolute atomic E-state index is 0.0265. The Bertz CT molecular complexity index is 991. The number of anilines is 1. The lowest BCUT2D eigenvalue weighted by Gasteiger charge is -2.32. The SMILES string of the molecule is CC(C)n1c(=O)ccc2cnc(NC3CCN(Cc4ccccc4)CC3)nc21. The summed E-state index contributed by atoms with van der Waals surface area (Å²) in [5.74, 6) is 0.606. The summed E-state index contributed by atoms with van der Waals surface area (Å²) < 4.78 is 1.73. The number of rotatable bonds is 5. The molecule has 0 aliphatic carbocycles. The van der Waals surface area contributed by atoms with Gasteiger partial charge in [0.2, 0.25) is 5.95 Å². The fourth-order valence-corrected chi connectivity index (χ4v) is 3.87. The molecule has 0 saturated carbocycles. The molecule has 0 spiro atoms. The number of pyridine rings is 1. The van der Waals surface area contributed by atoms with E-state index in [1.54, 1.807) is 22.9 Å². The Labute approximate surface area is 165 Å². The molecule has 0 unspecified atom stereocenters. The van der Waals surface area contributed by atoms with Crippen LogP contribution in [-0.4, -0.2) is 38.6 Å². The van der Waals surface area contributed by atoms with Crippen molar-refractivity contribution in [3.05, 3.63) is 64.6 Å². The van der Waals surface area contributed by atoms with Gasteiger partial charge in [0, 0.05) is 49.4 Å². The van der Waals surface area contributed by atoms with Crippen molar-refractivity contribution in [2.24, 2.45) is 0 Å². The summed E-state index contributed by atoms with van der Waals surface area (Å²) >= 11 is 0. The average Bonchev–Trinajstić information content (AvgIpc) is 2.70. The molecule has 28 heavy (non-hydrogen) atoms. The quantitative estimate of drug-likeness (QED) is 0.738. The second-order valence-corrected chi connectivity index (χ2v) is 7.79. The van der Waals surface area contributed by atoms with Crippen LogP contribution in [0.2, 0.25) is 0 Å². The molecule has 0 atom stereocenters. The van der Waals surface area contributed by atoms with Gasteiger partial charge in [-0.25, -0.2) is 4.98 Å². The van der Waals surface area contributed by atoms with Crippen LogP contribution in [0, 0.1) is 0 Å².